The van der Waals surface area contributed by atoms with E-state index in [1.807, 2.05) is 20.8 Å². The molecule has 0 aliphatic heterocycles. The topological polar surface area (TPSA) is 106 Å². The second-order valence-electron chi connectivity index (χ2n) is 5.02. The molecule has 0 aromatic heterocycles. The van der Waals surface area contributed by atoms with E-state index in [9.17, 15) is 21.2 Å². The molecular weight excluding hydrogens is 319 g/mol. The molecule has 9 heteroatoms. The van der Waals surface area contributed by atoms with Gasteiger partial charge in [0.1, 0.15) is 10.7 Å². The molecule has 0 radical (unpaired) electrons. The zero-order chi connectivity index (χ0) is 16.4. The standard InChI is InChI=1S/C12H19FN2O4S2/c1-4-11(8(2)3)15-21(18,19)12-6-5-9(7-10(12)13)20(14,16)17/h5-8,11,15H,4H2,1-3H3,(H2,14,16,17). The maximum Gasteiger partial charge on any atom is 0.243 e. The van der Waals surface area contributed by atoms with Gasteiger partial charge in [-0.15, -0.1) is 0 Å². The molecule has 0 spiro atoms. The number of hydrogen-bond donors (Lipinski definition) is 2. The molecule has 1 aromatic carbocycles. The lowest BCUT2D eigenvalue weighted by molar-refractivity contribution is 0.435. The third-order valence-electron chi connectivity index (χ3n) is 3.07. The molecule has 21 heavy (non-hydrogen) atoms. The van der Waals surface area contributed by atoms with Crippen LogP contribution in [0.1, 0.15) is 27.2 Å². The molecule has 0 aliphatic rings. The van der Waals surface area contributed by atoms with Crippen LogP contribution in [0.15, 0.2) is 28.0 Å². The summed E-state index contributed by atoms with van der Waals surface area (Å²) in [5.41, 5.74) is 0. The number of benzene rings is 1. The van der Waals surface area contributed by atoms with Gasteiger partial charge in [0.15, 0.2) is 0 Å². The van der Waals surface area contributed by atoms with Crippen LogP contribution in [0, 0.1) is 11.7 Å². The van der Waals surface area contributed by atoms with E-state index in [2.05, 4.69) is 4.72 Å². The second kappa shape index (κ2) is 6.39. The van der Waals surface area contributed by atoms with Crippen LogP contribution in [0.3, 0.4) is 0 Å². The Kier molecular flexibility index (Phi) is 5.48. The first kappa shape index (κ1) is 18.0. The molecule has 120 valence electrons. The van der Waals surface area contributed by atoms with Crippen molar-refractivity contribution in [2.24, 2.45) is 11.1 Å². The summed E-state index contributed by atoms with van der Waals surface area (Å²) in [7, 11) is -8.15. The molecule has 0 heterocycles. The summed E-state index contributed by atoms with van der Waals surface area (Å²) in [6.45, 7) is 5.50. The summed E-state index contributed by atoms with van der Waals surface area (Å²) in [5, 5.41) is 4.87. The van der Waals surface area contributed by atoms with Crippen molar-refractivity contribution in [2.45, 2.75) is 43.0 Å². The lowest BCUT2D eigenvalue weighted by Gasteiger charge is -2.20. The highest BCUT2D eigenvalue weighted by molar-refractivity contribution is 7.89. The van der Waals surface area contributed by atoms with Crippen molar-refractivity contribution in [1.29, 1.82) is 0 Å². The van der Waals surface area contributed by atoms with Crippen LogP contribution >= 0.6 is 0 Å². The number of halogens is 1. The predicted molar refractivity (Wildman–Crippen MR) is 77.0 cm³/mol. The molecule has 0 amide bonds. The summed E-state index contributed by atoms with van der Waals surface area (Å²) in [6.07, 6.45) is 0.549. The van der Waals surface area contributed by atoms with Crippen molar-refractivity contribution >= 4 is 20.0 Å². The van der Waals surface area contributed by atoms with Gasteiger partial charge in [0.05, 0.1) is 4.90 Å². The zero-order valence-electron chi connectivity index (χ0n) is 12.0. The molecular formula is C12H19FN2O4S2. The summed E-state index contributed by atoms with van der Waals surface area (Å²) in [5.74, 6) is -1.12. The smallest absolute Gasteiger partial charge is 0.225 e. The molecule has 0 saturated carbocycles. The number of nitrogens with one attached hydrogen (secondary N) is 1. The Hall–Kier alpha value is -1.03. The third-order valence-corrected chi connectivity index (χ3v) is 5.51. The van der Waals surface area contributed by atoms with E-state index in [0.717, 1.165) is 12.1 Å². The van der Waals surface area contributed by atoms with E-state index >= 15 is 0 Å². The fraction of sp³-hybridized carbons (Fsp3) is 0.500. The maximum absolute atomic E-state index is 13.9. The molecule has 0 bridgehead atoms. The number of sulfonamides is 2. The molecule has 1 atom stereocenters. The summed E-state index contributed by atoms with van der Waals surface area (Å²) < 4.78 is 62.8. The van der Waals surface area contributed by atoms with Crippen molar-refractivity contribution < 1.29 is 21.2 Å². The Balaban J connectivity index is 3.21. The SMILES string of the molecule is CCC(NS(=O)(=O)c1ccc(S(N)(=O)=O)cc1F)C(C)C. The molecule has 1 aromatic rings. The molecule has 3 N–H and O–H groups in total. The summed E-state index contributed by atoms with van der Waals surface area (Å²) in [6, 6.07) is 2.11. The van der Waals surface area contributed by atoms with Crippen LogP contribution in [0.5, 0.6) is 0 Å². The van der Waals surface area contributed by atoms with Crippen LogP contribution in [-0.4, -0.2) is 22.9 Å². The fourth-order valence-corrected chi connectivity index (χ4v) is 3.88. The van der Waals surface area contributed by atoms with Gasteiger partial charge in [0.2, 0.25) is 20.0 Å². The lowest BCUT2D eigenvalue weighted by atomic mass is 10.0. The quantitative estimate of drug-likeness (QED) is 0.812. The van der Waals surface area contributed by atoms with Gasteiger partial charge in [-0.1, -0.05) is 20.8 Å². The Morgan fingerprint density at radius 1 is 1.24 bits per heavy atom. The molecule has 6 nitrogen and oxygen atoms in total. The summed E-state index contributed by atoms with van der Waals surface area (Å²) in [4.78, 5) is -1.08. The first-order chi connectivity index (χ1) is 9.49. The van der Waals surface area contributed by atoms with Gasteiger partial charge < -0.3 is 0 Å². The Morgan fingerprint density at radius 3 is 2.19 bits per heavy atom. The average molecular weight is 338 g/mol. The number of hydrogen-bond acceptors (Lipinski definition) is 4. The van der Waals surface area contributed by atoms with Gasteiger partial charge in [-0.25, -0.2) is 31.1 Å². The first-order valence-corrected chi connectivity index (χ1v) is 9.36. The van der Waals surface area contributed by atoms with Crippen LogP contribution in [0.4, 0.5) is 4.39 Å². The Bertz CT molecular complexity index is 715. The van der Waals surface area contributed by atoms with E-state index in [4.69, 9.17) is 5.14 Å². The minimum Gasteiger partial charge on any atom is -0.225 e. The Morgan fingerprint density at radius 2 is 1.81 bits per heavy atom. The van der Waals surface area contributed by atoms with Crippen molar-refractivity contribution in [2.75, 3.05) is 0 Å². The minimum atomic E-state index is -4.08. The van der Waals surface area contributed by atoms with Crippen molar-refractivity contribution in [1.82, 2.24) is 4.72 Å². The predicted octanol–water partition coefficient (Wildman–Crippen LogP) is 1.19. The number of nitrogens with two attached hydrogens (primary N) is 1. The van der Waals surface area contributed by atoms with Crippen molar-refractivity contribution in [3.05, 3.63) is 24.0 Å². The maximum atomic E-state index is 13.9. The zero-order valence-corrected chi connectivity index (χ0v) is 13.6. The lowest BCUT2D eigenvalue weighted by Crippen LogP contribution is -2.38. The first-order valence-electron chi connectivity index (χ1n) is 6.33. The van der Waals surface area contributed by atoms with E-state index in [-0.39, 0.29) is 12.0 Å². The van der Waals surface area contributed by atoms with Crippen LogP contribution < -0.4 is 9.86 Å². The number of rotatable bonds is 6. The normalized spacial score (nSPS) is 14.4. The van der Waals surface area contributed by atoms with E-state index < -0.39 is 35.7 Å². The van der Waals surface area contributed by atoms with Crippen molar-refractivity contribution in [3.8, 4) is 0 Å². The molecule has 1 unspecified atom stereocenters. The number of primary sulfonamides is 1. The van der Waals surface area contributed by atoms with Gasteiger partial charge in [-0.3, -0.25) is 0 Å². The highest BCUT2D eigenvalue weighted by Gasteiger charge is 2.25. The van der Waals surface area contributed by atoms with Gasteiger partial charge >= 0.3 is 0 Å². The second-order valence-corrected chi connectivity index (χ2v) is 8.26. The van der Waals surface area contributed by atoms with Crippen LogP contribution in [-0.2, 0) is 20.0 Å². The highest BCUT2D eigenvalue weighted by Crippen LogP contribution is 2.19. The molecule has 0 aliphatic carbocycles. The molecule has 0 fully saturated rings. The van der Waals surface area contributed by atoms with E-state index in [0.29, 0.717) is 12.5 Å². The monoisotopic (exact) mass is 338 g/mol. The fourth-order valence-electron chi connectivity index (χ4n) is 1.83. The Labute approximate surface area is 124 Å². The average Bonchev–Trinajstić information content (AvgIpc) is 2.34. The van der Waals surface area contributed by atoms with Gasteiger partial charge in [-0.05, 0) is 30.5 Å². The van der Waals surface area contributed by atoms with Gasteiger partial charge in [0, 0.05) is 6.04 Å². The largest absolute Gasteiger partial charge is 0.243 e. The molecule has 1 rings (SSSR count). The van der Waals surface area contributed by atoms with E-state index in [1.54, 1.807) is 0 Å². The van der Waals surface area contributed by atoms with Crippen LogP contribution in [0.2, 0.25) is 0 Å². The van der Waals surface area contributed by atoms with Gasteiger partial charge in [0.25, 0.3) is 0 Å². The third kappa shape index (κ3) is 4.47. The van der Waals surface area contributed by atoms with Gasteiger partial charge in [-0.2, -0.15) is 0 Å². The summed E-state index contributed by atoms with van der Waals surface area (Å²) >= 11 is 0. The van der Waals surface area contributed by atoms with Crippen molar-refractivity contribution in [3.63, 3.8) is 0 Å². The van der Waals surface area contributed by atoms with E-state index in [1.165, 1.54) is 0 Å². The highest BCUT2D eigenvalue weighted by atomic mass is 32.2. The minimum absolute atomic E-state index is 0.0385. The molecule has 0 saturated heterocycles. The van der Waals surface area contributed by atoms with Crippen LogP contribution in [0.25, 0.3) is 0 Å².